The molecule has 0 fully saturated rings. The molecular formula is C13H17N5. The summed E-state index contributed by atoms with van der Waals surface area (Å²) >= 11 is 0. The highest BCUT2D eigenvalue weighted by Crippen LogP contribution is 2.08. The number of hydrogen-bond acceptors (Lipinski definition) is 5. The summed E-state index contributed by atoms with van der Waals surface area (Å²) in [6.07, 6.45) is 8.57. The molecule has 0 saturated heterocycles. The molecular weight excluding hydrogens is 226 g/mol. The van der Waals surface area contributed by atoms with Gasteiger partial charge in [-0.1, -0.05) is 13.8 Å². The molecule has 0 atom stereocenters. The number of rotatable bonds is 5. The normalized spacial score (nSPS) is 10.8. The van der Waals surface area contributed by atoms with E-state index in [9.17, 15) is 0 Å². The van der Waals surface area contributed by atoms with E-state index in [0.717, 1.165) is 18.7 Å². The summed E-state index contributed by atoms with van der Waals surface area (Å²) in [6.45, 7) is 6.15. The lowest BCUT2D eigenvalue weighted by Gasteiger charge is -2.07. The minimum atomic E-state index is 0.607. The number of nitrogens with one attached hydrogen (secondary N) is 1. The molecule has 0 aliphatic carbocycles. The zero-order valence-corrected chi connectivity index (χ0v) is 10.7. The van der Waals surface area contributed by atoms with Gasteiger partial charge in [0.1, 0.15) is 5.69 Å². The van der Waals surface area contributed by atoms with Crippen LogP contribution in [-0.2, 0) is 6.54 Å². The highest BCUT2D eigenvalue weighted by atomic mass is 14.9. The van der Waals surface area contributed by atoms with Crippen LogP contribution in [0.2, 0.25) is 0 Å². The third-order valence-electron chi connectivity index (χ3n) is 2.38. The second-order valence-electron chi connectivity index (χ2n) is 4.53. The van der Waals surface area contributed by atoms with Crippen LogP contribution in [0, 0.1) is 5.92 Å². The maximum Gasteiger partial charge on any atom is 0.179 e. The third kappa shape index (κ3) is 3.56. The van der Waals surface area contributed by atoms with Crippen LogP contribution in [0.4, 0.5) is 0 Å². The first-order valence-corrected chi connectivity index (χ1v) is 6.03. The number of hydrogen-bond donors (Lipinski definition) is 1. The first-order valence-electron chi connectivity index (χ1n) is 6.03. The summed E-state index contributed by atoms with van der Waals surface area (Å²) in [6, 6.07) is 0. The first-order chi connectivity index (χ1) is 8.75. The zero-order chi connectivity index (χ0) is 12.8. The van der Waals surface area contributed by atoms with E-state index in [4.69, 9.17) is 0 Å². The fourth-order valence-corrected chi connectivity index (χ4v) is 1.50. The van der Waals surface area contributed by atoms with Crippen LogP contribution >= 0.6 is 0 Å². The molecule has 5 heteroatoms. The van der Waals surface area contributed by atoms with E-state index in [0.29, 0.717) is 17.4 Å². The second-order valence-corrected chi connectivity index (χ2v) is 4.53. The SMILES string of the molecule is CC(C)CNCc1cnc(-c2cnccn2)nc1. The Morgan fingerprint density at radius 2 is 1.83 bits per heavy atom. The Morgan fingerprint density at radius 3 is 2.44 bits per heavy atom. The van der Waals surface area contributed by atoms with Crippen LogP contribution in [0.15, 0.2) is 31.0 Å². The highest BCUT2D eigenvalue weighted by Gasteiger charge is 2.02. The Kier molecular flexibility index (Phi) is 4.30. The summed E-state index contributed by atoms with van der Waals surface area (Å²) in [5.74, 6) is 1.25. The average Bonchev–Trinajstić information content (AvgIpc) is 2.40. The van der Waals surface area contributed by atoms with Gasteiger partial charge in [0.25, 0.3) is 0 Å². The van der Waals surface area contributed by atoms with Gasteiger partial charge < -0.3 is 5.32 Å². The van der Waals surface area contributed by atoms with Gasteiger partial charge in [0, 0.05) is 36.9 Å². The lowest BCUT2D eigenvalue weighted by Crippen LogP contribution is -2.19. The Hall–Kier alpha value is -1.88. The Bertz CT molecular complexity index is 467. The van der Waals surface area contributed by atoms with E-state index < -0.39 is 0 Å². The molecule has 0 unspecified atom stereocenters. The van der Waals surface area contributed by atoms with Crippen molar-refractivity contribution in [3.05, 3.63) is 36.5 Å². The molecule has 0 radical (unpaired) electrons. The molecule has 0 aliphatic heterocycles. The lowest BCUT2D eigenvalue weighted by atomic mass is 10.2. The van der Waals surface area contributed by atoms with Crippen molar-refractivity contribution < 1.29 is 0 Å². The molecule has 18 heavy (non-hydrogen) atoms. The van der Waals surface area contributed by atoms with Crippen LogP contribution in [-0.4, -0.2) is 26.5 Å². The van der Waals surface area contributed by atoms with E-state index in [1.807, 2.05) is 12.4 Å². The third-order valence-corrected chi connectivity index (χ3v) is 2.38. The van der Waals surface area contributed by atoms with Crippen molar-refractivity contribution >= 4 is 0 Å². The van der Waals surface area contributed by atoms with Crippen LogP contribution < -0.4 is 5.32 Å². The molecule has 2 aromatic heterocycles. The smallest absolute Gasteiger partial charge is 0.179 e. The molecule has 2 aromatic rings. The summed E-state index contributed by atoms with van der Waals surface area (Å²) in [7, 11) is 0. The van der Waals surface area contributed by atoms with Crippen LogP contribution in [0.1, 0.15) is 19.4 Å². The monoisotopic (exact) mass is 243 g/mol. The van der Waals surface area contributed by atoms with Gasteiger partial charge in [-0.25, -0.2) is 15.0 Å². The summed E-state index contributed by atoms with van der Waals surface area (Å²) in [5, 5.41) is 3.35. The minimum Gasteiger partial charge on any atom is -0.312 e. The molecule has 2 heterocycles. The van der Waals surface area contributed by atoms with Crippen molar-refractivity contribution in [1.29, 1.82) is 0 Å². The number of aromatic nitrogens is 4. The first kappa shape index (κ1) is 12.6. The highest BCUT2D eigenvalue weighted by molar-refractivity contribution is 5.46. The van der Waals surface area contributed by atoms with E-state index >= 15 is 0 Å². The van der Waals surface area contributed by atoms with E-state index in [1.165, 1.54) is 0 Å². The van der Waals surface area contributed by atoms with Gasteiger partial charge in [0.15, 0.2) is 5.82 Å². The van der Waals surface area contributed by atoms with Gasteiger partial charge >= 0.3 is 0 Å². The second kappa shape index (κ2) is 6.16. The van der Waals surface area contributed by atoms with E-state index in [-0.39, 0.29) is 0 Å². The van der Waals surface area contributed by atoms with Crippen LogP contribution in [0.25, 0.3) is 11.5 Å². The van der Waals surface area contributed by atoms with Crippen molar-refractivity contribution in [3.8, 4) is 11.5 Å². The number of nitrogens with zero attached hydrogens (tertiary/aromatic N) is 4. The molecule has 0 saturated carbocycles. The van der Waals surface area contributed by atoms with E-state index in [1.54, 1.807) is 18.6 Å². The molecule has 1 N–H and O–H groups in total. The predicted molar refractivity (Wildman–Crippen MR) is 69.6 cm³/mol. The van der Waals surface area contributed by atoms with Crippen LogP contribution in [0.5, 0.6) is 0 Å². The maximum atomic E-state index is 4.29. The molecule has 0 aliphatic rings. The predicted octanol–water partition coefficient (Wildman–Crippen LogP) is 1.68. The molecule has 2 rings (SSSR count). The maximum absolute atomic E-state index is 4.29. The van der Waals surface area contributed by atoms with Crippen LogP contribution in [0.3, 0.4) is 0 Å². The Balaban J connectivity index is 1.98. The Labute approximate surface area is 107 Å². The van der Waals surface area contributed by atoms with Gasteiger partial charge in [-0.3, -0.25) is 4.98 Å². The average molecular weight is 243 g/mol. The van der Waals surface area contributed by atoms with Gasteiger partial charge in [-0.15, -0.1) is 0 Å². The van der Waals surface area contributed by atoms with E-state index in [2.05, 4.69) is 39.1 Å². The quantitative estimate of drug-likeness (QED) is 0.865. The largest absolute Gasteiger partial charge is 0.312 e. The zero-order valence-electron chi connectivity index (χ0n) is 10.7. The topological polar surface area (TPSA) is 63.6 Å². The summed E-state index contributed by atoms with van der Waals surface area (Å²) in [5.41, 5.74) is 1.77. The standard InChI is InChI=1S/C13H17N5/c1-10(2)5-15-6-11-7-17-13(18-8-11)12-9-14-3-4-16-12/h3-4,7-10,15H,5-6H2,1-2H3. The summed E-state index contributed by atoms with van der Waals surface area (Å²) < 4.78 is 0. The molecule has 0 amide bonds. The van der Waals surface area contributed by atoms with Crippen molar-refractivity contribution in [3.63, 3.8) is 0 Å². The Morgan fingerprint density at radius 1 is 1.06 bits per heavy atom. The minimum absolute atomic E-state index is 0.607. The van der Waals surface area contributed by atoms with Crippen molar-refractivity contribution in [2.45, 2.75) is 20.4 Å². The van der Waals surface area contributed by atoms with Gasteiger partial charge in [0.05, 0.1) is 6.20 Å². The van der Waals surface area contributed by atoms with Gasteiger partial charge in [-0.05, 0) is 12.5 Å². The van der Waals surface area contributed by atoms with Crippen molar-refractivity contribution in [2.24, 2.45) is 5.92 Å². The van der Waals surface area contributed by atoms with Crippen molar-refractivity contribution in [1.82, 2.24) is 25.3 Å². The van der Waals surface area contributed by atoms with Gasteiger partial charge in [0.2, 0.25) is 0 Å². The van der Waals surface area contributed by atoms with Crippen molar-refractivity contribution in [2.75, 3.05) is 6.54 Å². The molecule has 0 bridgehead atoms. The molecule has 0 spiro atoms. The fraction of sp³-hybridized carbons (Fsp3) is 0.385. The molecule has 94 valence electrons. The summed E-state index contributed by atoms with van der Waals surface area (Å²) in [4.78, 5) is 16.7. The molecule has 0 aromatic carbocycles. The fourth-order valence-electron chi connectivity index (χ4n) is 1.50. The lowest BCUT2D eigenvalue weighted by molar-refractivity contribution is 0.551. The molecule has 5 nitrogen and oxygen atoms in total. The van der Waals surface area contributed by atoms with Gasteiger partial charge in [-0.2, -0.15) is 0 Å².